The average molecular weight is 315 g/mol. The number of nitrogens with one attached hydrogen (secondary N) is 1. The van der Waals surface area contributed by atoms with Crippen LogP contribution in [0.4, 0.5) is 0 Å². The molecular weight excluding hydrogens is 294 g/mol. The highest BCUT2D eigenvalue weighted by Gasteiger charge is 2.12. The summed E-state index contributed by atoms with van der Waals surface area (Å²) in [6.07, 6.45) is 0.724. The quantitative estimate of drug-likeness (QED) is 0.853. The molecule has 0 fully saturated rings. The molecule has 0 radical (unpaired) electrons. The number of ether oxygens (including phenoxy) is 3. The van der Waals surface area contributed by atoms with Gasteiger partial charge >= 0.3 is 0 Å². The summed E-state index contributed by atoms with van der Waals surface area (Å²) in [7, 11) is 4.74. The van der Waals surface area contributed by atoms with Crippen molar-refractivity contribution in [2.75, 3.05) is 27.9 Å². The van der Waals surface area contributed by atoms with Crippen LogP contribution in [0.15, 0.2) is 42.5 Å². The summed E-state index contributed by atoms with van der Waals surface area (Å²) in [6, 6.07) is 12.9. The first kappa shape index (κ1) is 16.7. The van der Waals surface area contributed by atoms with Crippen LogP contribution >= 0.6 is 0 Å². The van der Waals surface area contributed by atoms with Crippen LogP contribution in [0.5, 0.6) is 17.2 Å². The lowest BCUT2D eigenvalue weighted by molar-refractivity contribution is 0.0951. The summed E-state index contributed by atoms with van der Waals surface area (Å²) in [4.78, 5) is 12.3. The molecule has 2 aromatic carbocycles. The molecule has 0 bridgehead atoms. The van der Waals surface area contributed by atoms with Crippen molar-refractivity contribution >= 4 is 5.91 Å². The molecule has 1 N–H and O–H groups in total. The minimum absolute atomic E-state index is 0.174. The SMILES string of the molecule is COc1cccc(CCNC(=O)c2ccc(OC)cc2OC)c1. The Bertz CT molecular complexity index is 670. The molecule has 0 saturated carbocycles. The van der Waals surface area contributed by atoms with E-state index in [-0.39, 0.29) is 5.91 Å². The minimum Gasteiger partial charge on any atom is -0.497 e. The number of rotatable bonds is 7. The van der Waals surface area contributed by atoms with Gasteiger partial charge in [0.25, 0.3) is 5.91 Å². The molecule has 23 heavy (non-hydrogen) atoms. The Hall–Kier alpha value is -2.69. The Morgan fingerprint density at radius 2 is 1.70 bits per heavy atom. The summed E-state index contributed by atoms with van der Waals surface area (Å²) in [5.41, 5.74) is 1.59. The van der Waals surface area contributed by atoms with Gasteiger partial charge in [-0.05, 0) is 36.2 Å². The molecule has 5 heteroatoms. The largest absolute Gasteiger partial charge is 0.497 e. The number of hydrogen-bond acceptors (Lipinski definition) is 4. The zero-order valence-electron chi connectivity index (χ0n) is 13.6. The number of hydrogen-bond donors (Lipinski definition) is 1. The number of benzene rings is 2. The van der Waals surface area contributed by atoms with E-state index in [1.54, 1.807) is 32.4 Å². The van der Waals surface area contributed by atoms with Gasteiger partial charge in [0.1, 0.15) is 17.2 Å². The molecule has 2 aromatic rings. The van der Waals surface area contributed by atoms with Gasteiger partial charge in [0.05, 0.1) is 26.9 Å². The molecule has 0 aliphatic heterocycles. The van der Waals surface area contributed by atoms with Crippen LogP contribution in [-0.2, 0) is 6.42 Å². The van der Waals surface area contributed by atoms with Gasteiger partial charge in [-0.1, -0.05) is 12.1 Å². The van der Waals surface area contributed by atoms with Gasteiger partial charge in [-0.15, -0.1) is 0 Å². The van der Waals surface area contributed by atoms with Crippen LogP contribution in [0.25, 0.3) is 0 Å². The van der Waals surface area contributed by atoms with Crippen molar-refractivity contribution < 1.29 is 19.0 Å². The molecule has 0 unspecified atom stereocenters. The second-order valence-corrected chi connectivity index (χ2v) is 4.92. The predicted molar refractivity (Wildman–Crippen MR) is 88.6 cm³/mol. The van der Waals surface area contributed by atoms with Gasteiger partial charge in [-0.2, -0.15) is 0 Å². The van der Waals surface area contributed by atoms with E-state index in [2.05, 4.69) is 5.32 Å². The molecule has 2 rings (SSSR count). The van der Waals surface area contributed by atoms with E-state index in [0.29, 0.717) is 23.6 Å². The van der Waals surface area contributed by atoms with Crippen molar-refractivity contribution in [3.8, 4) is 17.2 Å². The van der Waals surface area contributed by atoms with E-state index in [1.807, 2.05) is 24.3 Å². The molecule has 122 valence electrons. The topological polar surface area (TPSA) is 56.8 Å². The lowest BCUT2D eigenvalue weighted by Gasteiger charge is -2.11. The Morgan fingerprint density at radius 1 is 0.957 bits per heavy atom. The highest BCUT2D eigenvalue weighted by atomic mass is 16.5. The second-order valence-electron chi connectivity index (χ2n) is 4.92. The van der Waals surface area contributed by atoms with Crippen molar-refractivity contribution in [2.45, 2.75) is 6.42 Å². The Kier molecular flexibility index (Phi) is 5.86. The van der Waals surface area contributed by atoms with E-state index >= 15 is 0 Å². The van der Waals surface area contributed by atoms with Crippen molar-refractivity contribution in [1.82, 2.24) is 5.32 Å². The maximum Gasteiger partial charge on any atom is 0.255 e. The first-order valence-corrected chi connectivity index (χ1v) is 7.31. The standard InChI is InChI=1S/C18H21NO4/c1-21-14-6-4-5-13(11-14)9-10-19-18(20)16-8-7-15(22-2)12-17(16)23-3/h4-8,11-12H,9-10H2,1-3H3,(H,19,20). The van der Waals surface area contributed by atoms with Gasteiger partial charge in [0, 0.05) is 12.6 Å². The third kappa shape index (κ3) is 4.39. The van der Waals surface area contributed by atoms with Crippen LogP contribution < -0.4 is 19.5 Å². The molecule has 5 nitrogen and oxygen atoms in total. The van der Waals surface area contributed by atoms with Crippen molar-refractivity contribution in [2.24, 2.45) is 0 Å². The van der Waals surface area contributed by atoms with Crippen LogP contribution in [0.3, 0.4) is 0 Å². The highest BCUT2D eigenvalue weighted by Crippen LogP contribution is 2.24. The third-order valence-electron chi connectivity index (χ3n) is 3.49. The van der Waals surface area contributed by atoms with E-state index in [0.717, 1.165) is 17.7 Å². The van der Waals surface area contributed by atoms with Crippen LogP contribution in [0.2, 0.25) is 0 Å². The second kappa shape index (κ2) is 8.08. The molecule has 0 saturated heterocycles. The summed E-state index contributed by atoms with van der Waals surface area (Å²) in [6.45, 7) is 0.529. The molecule has 0 atom stereocenters. The number of methoxy groups -OCH3 is 3. The fourth-order valence-electron chi connectivity index (χ4n) is 2.23. The van der Waals surface area contributed by atoms with Crippen molar-refractivity contribution in [3.05, 3.63) is 53.6 Å². The number of amides is 1. The van der Waals surface area contributed by atoms with Gasteiger partial charge in [0.2, 0.25) is 0 Å². The number of carbonyl (C=O) groups is 1. The fraction of sp³-hybridized carbons (Fsp3) is 0.278. The minimum atomic E-state index is -0.174. The zero-order chi connectivity index (χ0) is 16.7. The monoisotopic (exact) mass is 315 g/mol. The predicted octanol–water partition coefficient (Wildman–Crippen LogP) is 2.68. The van der Waals surface area contributed by atoms with Gasteiger partial charge in [0.15, 0.2) is 0 Å². The Labute approximate surface area is 136 Å². The smallest absolute Gasteiger partial charge is 0.255 e. The average Bonchev–Trinajstić information content (AvgIpc) is 2.61. The Morgan fingerprint density at radius 3 is 2.39 bits per heavy atom. The lowest BCUT2D eigenvalue weighted by Crippen LogP contribution is -2.26. The van der Waals surface area contributed by atoms with Crippen LogP contribution in [0.1, 0.15) is 15.9 Å². The Balaban J connectivity index is 1.96. The molecule has 0 aromatic heterocycles. The van der Waals surface area contributed by atoms with Gasteiger partial charge < -0.3 is 19.5 Å². The maximum atomic E-state index is 12.3. The maximum absolute atomic E-state index is 12.3. The molecule has 0 spiro atoms. The first-order chi connectivity index (χ1) is 11.2. The van der Waals surface area contributed by atoms with E-state index in [1.165, 1.54) is 7.11 Å². The van der Waals surface area contributed by atoms with Crippen LogP contribution in [-0.4, -0.2) is 33.8 Å². The highest BCUT2D eigenvalue weighted by molar-refractivity contribution is 5.97. The van der Waals surface area contributed by atoms with E-state index in [9.17, 15) is 4.79 Å². The van der Waals surface area contributed by atoms with Gasteiger partial charge in [-0.25, -0.2) is 0 Å². The summed E-state index contributed by atoms with van der Waals surface area (Å²) in [5, 5.41) is 2.90. The summed E-state index contributed by atoms with van der Waals surface area (Å²) >= 11 is 0. The zero-order valence-corrected chi connectivity index (χ0v) is 13.6. The molecular formula is C18H21NO4. The number of carbonyl (C=O) groups excluding carboxylic acids is 1. The lowest BCUT2D eigenvalue weighted by atomic mass is 10.1. The third-order valence-corrected chi connectivity index (χ3v) is 3.49. The van der Waals surface area contributed by atoms with Crippen molar-refractivity contribution in [1.29, 1.82) is 0 Å². The van der Waals surface area contributed by atoms with E-state index < -0.39 is 0 Å². The van der Waals surface area contributed by atoms with Crippen LogP contribution in [0, 0.1) is 0 Å². The first-order valence-electron chi connectivity index (χ1n) is 7.31. The normalized spacial score (nSPS) is 10.0. The van der Waals surface area contributed by atoms with Gasteiger partial charge in [-0.3, -0.25) is 4.79 Å². The fourth-order valence-corrected chi connectivity index (χ4v) is 2.23. The molecule has 0 aliphatic rings. The summed E-state index contributed by atoms with van der Waals surface area (Å²) < 4.78 is 15.6. The summed E-state index contributed by atoms with van der Waals surface area (Å²) in [5.74, 6) is 1.77. The van der Waals surface area contributed by atoms with E-state index in [4.69, 9.17) is 14.2 Å². The molecule has 0 aliphatic carbocycles. The molecule has 1 amide bonds. The molecule has 0 heterocycles. The van der Waals surface area contributed by atoms with Crippen molar-refractivity contribution in [3.63, 3.8) is 0 Å².